The van der Waals surface area contributed by atoms with Crippen molar-refractivity contribution >= 4 is 5.91 Å². The van der Waals surface area contributed by atoms with Gasteiger partial charge in [0.05, 0.1) is 11.2 Å². The van der Waals surface area contributed by atoms with E-state index in [1.807, 2.05) is 44.2 Å². The first kappa shape index (κ1) is 22.3. The minimum absolute atomic E-state index is 0.122. The first-order valence-corrected chi connectivity index (χ1v) is 10.7. The number of hydrogen-bond acceptors (Lipinski definition) is 3. The van der Waals surface area contributed by atoms with Gasteiger partial charge in [-0.25, -0.2) is 4.39 Å². The molecule has 1 amide bonds. The molecular weight excluding hydrogens is 381 g/mol. The van der Waals surface area contributed by atoms with Gasteiger partial charge in [-0.05, 0) is 49.8 Å². The predicted octanol–water partition coefficient (Wildman–Crippen LogP) is 5.33. The van der Waals surface area contributed by atoms with Gasteiger partial charge >= 0.3 is 0 Å². The topological polar surface area (TPSA) is 49.8 Å². The molecule has 0 atom stereocenters. The minimum Gasteiger partial charge on any atom is -0.486 e. The van der Waals surface area contributed by atoms with Crippen molar-refractivity contribution in [3.63, 3.8) is 0 Å². The molecule has 1 aliphatic carbocycles. The zero-order valence-corrected chi connectivity index (χ0v) is 18.2. The molecule has 0 aromatic heterocycles. The molecule has 0 bridgehead atoms. The van der Waals surface area contributed by atoms with Crippen molar-refractivity contribution in [2.24, 2.45) is 5.92 Å². The summed E-state index contributed by atoms with van der Waals surface area (Å²) in [5, 5.41) is 9.64. The molecule has 1 saturated carbocycles. The highest BCUT2D eigenvalue weighted by molar-refractivity contribution is 5.98. The van der Waals surface area contributed by atoms with Crippen LogP contribution in [0.5, 0.6) is 5.75 Å². The van der Waals surface area contributed by atoms with E-state index in [1.165, 1.54) is 37.0 Å². The number of halogens is 1. The van der Waals surface area contributed by atoms with Crippen molar-refractivity contribution in [2.75, 3.05) is 7.05 Å². The Hall–Kier alpha value is -2.40. The number of carbonyl (C=O) groups is 1. The monoisotopic (exact) mass is 413 g/mol. The lowest BCUT2D eigenvalue weighted by Crippen LogP contribution is -2.32. The molecule has 30 heavy (non-hydrogen) atoms. The quantitative estimate of drug-likeness (QED) is 0.737. The van der Waals surface area contributed by atoms with E-state index in [0.29, 0.717) is 18.0 Å². The van der Waals surface area contributed by atoms with Crippen LogP contribution in [0.4, 0.5) is 4.39 Å². The summed E-state index contributed by atoms with van der Waals surface area (Å²) in [5.41, 5.74) is 1.37. The number of nitrogens with zero attached hydrogens (tertiary/aromatic N) is 1. The number of benzene rings is 2. The molecule has 0 radical (unpaired) electrons. The van der Waals surface area contributed by atoms with Crippen LogP contribution in [0.25, 0.3) is 0 Å². The summed E-state index contributed by atoms with van der Waals surface area (Å²) in [5.74, 6) is -0.173. The van der Waals surface area contributed by atoms with Crippen molar-refractivity contribution in [3.8, 4) is 5.75 Å². The Balaban J connectivity index is 0.000000216. The second-order valence-electron chi connectivity index (χ2n) is 8.84. The van der Waals surface area contributed by atoms with Gasteiger partial charge in [-0.15, -0.1) is 0 Å². The highest BCUT2D eigenvalue weighted by Gasteiger charge is 2.30. The highest BCUT2D eigenvalue weighted by atomic mass is 19.1. The maximum atomic E-state index is 14.3. The SMILES string of the molecule is CC(C)(O)C1CCCCC1.CN1Cc2ccc(OCc3ccccc3)c(F)c2C1=O. The van der Waals surface area contributed by atoms with E-state index in [9.17, 15) is 14.3 Å². The molecule has 5 heteroatoms. The zero-order chi connectivity index (χ0) is 21.7. The Morgan fingerprint density at radius 1 is 1.10 bits per heavy atom. The van der Waals surface area contributed by atoms with Crippen LogP contribution in [0.3, 0.4) is 0 Å². The van der Waals surface area contributed by atoms with Gasteiger partial charge in [-0.3, -0.25) is 4.79 Å². The van der Waals surface area contributed by atoms with Gasteiger partial charge in [-0.2, -0.15) is 0 Å². The molecule has 1 aliphatic heterocycles. The molecular formula is C25H32FNO3. The van der Waals surface area contributed by atoms with Crippen LogP contribution < -0.4 is 4.74 Å². The number of carbonyl (C=O) groups excluding carboxylic acids is 1. The van der Waals surface area contributed by atoms with Crippen LogP contribution in [0.1, 0.15) is 67.4 Å². The highest BCUT2D eigenvalue weighted by Crippen LogP contribution is 2.32. The van der Waals surface area contributed by atoms with Crippen LogP contribution in [0.15, 0.2) is 42.5 Å². The molecule has 1 N–H and O–H groups in total. The van der Waals surface area contributed by atoms with Gasteiger partial charge in [0.1, 0.15) is 6.61 Å². The van der Waals surface area contributed by atoms with E-state index in [4.69, 9.17) is 4.74 Å². The van der Waals surface area contributed by atoms with Crippen LogP contribution in [0, 0.1) is 11.7 Å². The Kier molecular flexibility index (Phi) is 7.14. The lowest BCUT2D eigenvalue weighted by molar-refractivity contribution is 0.000830. The van der Waals surface area contributed by atoms with Gasteiger partial charge in [0.25, 0.3) is 5.91 Å². The zero-order valence-electron chi connectivity index (χ0n) is 18.2. The van der Waals surface area contributed by atoms with Crippen LogP contribution in [0.2, 0.25) is 0 Å². The maximum Gasteiger partial charge on any atom is 0.257 e. The second kappa shape index (κ2) is 9.61. The van der Waals surface area contributed by atoms with Crippen molar-refractivity contribution in [3.05, 3.63) is 65.0 Å². The fraction of sp³-hybridized carbons (Fsp3) is 0.480. The largest absolute Gasteiger partial charge is 0.486 e. The minimum atomic E-state index is -0.562. The molecule has 2 aromatic carbocycles. The number of fused-ring (bicyclic) bond motifs is 1. The predicted molar refractivity (Wildman–Crippen MR) is 116 cm³/mol. The van der Waals surface area contributed by atoms with E-state index < -0.39 is 11.4 Å². The van der Waals surface area contributed by atoms with Crippen molar-refractivity contribution < 1.29 is 19.0 Å². The summed E-state index contributed by atoms with van der Waals surface area (Å²) in [6.07, 6.45) is 6.45. The summed E-state index contributed by atoms with van der Waals surface area (Å²) in [6, 6.07) is 12.9. The van der Waals surface area contributed by atoms with E-state index in [2.05, 4.69) is 0 Å². The first-order chi connectivity index (χ1) is 14.3. The Morgan fingerprint density at radius 3 is 2.37 bits per heavy atom. The van der Waals surface area contributed by atoms with Gasteiger partial charge < -0.3 is 14.7 Å². The summed E-state index contributed by atoms with van der Waals surface area (Å²) in [6.45, 7) is 4.59. The number of amides is 1. The fourth-order valence-corrected chi connectivity index (χ4v) is 4.13. The fourth-order valence-electron chi connectivity index (χ4n) is 4.13. The maximum absolute atomic E-state index is 14.3. The molecule has 162 valence electrons. The first-order valence-electron chi connectivity index (χ1n) is 10.7. The number of hydrogen-bond donors (Lipinski definition) is 1. The number of aliphatic hydroxyl groups is 1. The second-order valence-corrected chi connectivity index (χ2v) is 8.84. The standard InChI is InChI=1S/C16H14FNO2.C9H18O/c1-18-9-12-7-8-13(15(17)14(12)16(18)19)20-10-11-5-3-2-4-6-11;1-9(2,10)8-6-4-3-5-7-8/h2-8H,9-10H2,1H3;8,10H,3-7H2,1-2H3. The van der Waals surface area contributed by atoms with E-state index in [-0.39, 0.29) is 23.8 Å². The third kappa shape index (κ3) is 5.39. The Labute approximate surface area is 178 Å². The van der Waals surface area contributed by atoms with Crippen LogP contribution in [-0.2, 0) is 13.2 Å². The summed E-state index contributed by atoms with van der Waals surface area (Å²) >= 11 is 0. The van der Waals surface area contributed by atoms with Gasteiger partial charge in [0.15, 0.2) is 11.6 Å². The van der Waals surface area contributed by atoms with Gasteiger partial charge in [0, 0.05) is 13.6 Å². The third-order valence-electron chi connectivity index (χ3n) is 6.00. The summed E-state index contributed by atoms with van der Waals surface area (Å²) < 4.78 is 19.8. The average Bonchev–Trinajstić information content (AvgIpc) is 3.03. The number of ether oxygens (including phenoxy) is 1. The smallest absolute Gasteiger partial charge is 0.257 e. The average molecular weight is 414 g/mol. The third-order valence-corrected chi connectivity index (χ3v) is 6.00. The Bertz CT molecular complexity index is 855. The van der Waals surface area contributed by atoms with Crippen molar-refractivity contribution in [1.29, 1.82) is 0 Å². The molecule has 0 saturated heterocycles. The summed E-state index contributed by atoms with van der Waals surface area (Å²) in [7, 11) is 1.66. The Morgan fingerprint density at radius 2 is 1.77 bits per heavy atom. The lowest BCUT2D eigenvalue weighted by atomic mass is 9.79. The molecule has 0 spiro atoms. The molecule has 0 unspecified atom stereocenters. The van der Waals surface area contributed by atoms with Crippen molar-refractivity contribution in [2.45, 2.75) is 64.7 Å². The molecule has 2 aromatic rings. The molecule has 4 nitrogen and oxygen atoms in total. The molecule has 4 rings (SSSR count). The lowest BCUT2D eigenvalue weighted by Gasteiger charge is -2.32. The van der Waals surface area contributed by atoms with E-state index in [0.717, 1.165) is 5.56 Å². The van der Waals surface area contributed by atoms with E-state index >= 15 is 0 Å². The van der Waals surface area contributed by atoms with Crippen molar-refractivity contribution in [1.82, 2.24) is 4.90 Å². The van der Waals surface area contributed by atoms with E-state index in [1.54, 1.807) is 19.2 Å². The molecule has 1 heterocycles. The summed E-state index contributed by atoms with van der Waals surface area (Å²) in [4.78, 5) is 13.4. The van der Waals surface area contributed by atoms with Gasteiger partial charge in [0.2, 0.25) is 0 Å². The molecule has 2 aliphatic rings. The number of rotatable bonds is 4. The van der Waals surface area contributed by atoms with Gasteiger partial charge in [-0.1, -0.05) is 55.7 Å². The normalized spacial score (nSPS) is 16.7. The van der Waals surface area contributed by atoms with Crippen LogP contribution in [-0.4, -0.2) is 28.6 Å². The van der Waals surface area contributed by atoms with Crippen LogP contribution >= 0.6 is 0 Å². The molecule has 1 fully saturated rings.